The lowest BCUT2D eigenvalue weighted by Gasteiger charge is -2.06. The molecule has 128 valence electrons. The van der Waals surface area contributed by atoms with Crippen LogP contribution in [-0.4, -0.2) is 31.5 Å². The first kappa shape index (κ1) is 15.6. The summed E-state index contributed by atoms with van der Waals surface area (Å²) in [6.07, 6.45) is 2.63. The third kappa shape index (κ3) is 2.93. The van der Waals surface area contributed by atoms with Gasteiger partial charge in [-0.2, -0.15) is 0 Å². The first-order valence-corrected chi connectivity index (χ1v) is 8.39. The summed E-state index contributed by atoms with van der Waals surface area (Å²) in [5.74, 6) is 1.83. The molecule has 25 heavy (non-hydrogen) atoms. The van der Waals surface area contributed by atoms with Crippen LogP contribution in [0.15, 0.2) is 34.9 Å². The zero-order chi connectivity index (χ0) is 17.4. The van der Waals surface area contributed by atoms with Gasteiger partial charge in [0.05, 0.1) is 5.52 Å². The SMILES string of the molecule is CC(C)c1nc2cc(CCNc3nccc4c3nnn4C)ccc2o1. The van der Waals surface area contributed by atoms with Gasteiger partial charge in [0.2, 0.25) is 0 Å². The molecule has 0 saturated carbocycles. The Bertz CT molecular complexity index is 1030. The Labute approximate surface area is 145 Å². The van der Waals surface area contributed by atoms with Crippen LogP contribution in [0.5, 0.6) is 0 Å². The van der Waals surface area contributed by atoms with Crippen LogP contribution in [0.4, 0.5) is 5.82 Å². The van der Waals surface area contributed by atoms with Crippen molar-refractivity contribution >= 4 is 28.0 Å². The van der Waals surface area contributed by atoms with Crippen LogP contribution in [0.25, 0.3) is 22.1 Å². The zero-order valence-electron chi connectivity index (χ0n) is 14.5. The molecule has 0 spiro atoms. The predicted molar refractivity (Wildman–Crippen MR) is 96.6 cm³/mol. The van der Waals surface area contributed by atoms with E-state index in [2.05, 4.69) is 51.6 Å². The van der Waals surface area contributed by atoms with E-state index < -0.39 is 0 Å². The van der Waals surface area contributed by atoms with E-state index in [9.17, 15) is 0 Å². The minimum Gasteiger partial charge on any atom is -0.440 e. The highest BCUT2D eigenvalue weighted by atomic mass is 16.3. The van der Waals surface area contributed by atoms with Crippen LogP contribution >= 0.6 is 0 Å². The van der Waals surface area contributed by atoms with Crippen molar-refractivity contribution in [3.05, 3.63) is 41.9 Å². The molecule has 0 amide bonds. The van der Waals surface area contributed by atoms with E-state index in [1.165, 1.54) is 5.56 Å². The van der Waals surface area contributed by atoms with Crippen molar-refractivity contribution in [2.75, 3.05) is 11.9 Å². The fourth-order valence-electron chi connectivity index (χ4n) is 2.81. The first-order chi connectivity index (χ1) is 12.1. The number of hydrogen-bond donors (Lipinski definition) is 1. The zero-order valence-corrected chi connectivity index (χ0v) is 14.5. The van der Waals surface area contributed by atoms with Gasteiger partial charge >= 0.3 is 0 Å². The number of rotatable bonds is 5. The predicted octanol–water partition coefficient (Wildman–Crippen LogP) is 3.28. The second kappa shape index (κ2) is 6.16. The number of pyridine rings is 1. The number of aryl methyl sites for hydroxylation is 1. The van der Waals surface area contributed by atoms with Crippen molar-refractivity contribution in [2.45, 2.75) is 26.2 Å². The molecular formula is C18H20N6O. The van der Waals surface area contributed by atoms with E-state index in [0.717, 1.165) is 46.8 Å². The number of benzene rings is 1. The summed E-state index contributed by atoms with van der Waals surface area (Å²) < 4.78 is 7.50. The van der Waals surface area contributed by atoms with Crippen molar-refractivity contribution in [1.82, 2.24) is 25.0 Å². The smallest absolute Gasteiger partial charge is 0.198 e. The van der Waals surface area contributed by atoms with Crippen LogP contribution in [0.1, 0.15) is 31.2 Å². The number of oxazole rings is 1. The summed E-state index contributed by atoms with van der Waals surface area (Å²) in [4.78, 5) is 8.93. The molecule has 0 fully saturated rings. The second-order valence-electron chi connectivity index (χ2n) is 6.43. The maximum Gasteiger partial charge on any atom is 0.198 e. The van der Waals surface area contributed by atoms with Crippen LogP contribution in [-0.2, 0) is 13.5 Å². The lowest BCUT2D eigenvalue weighted by Crippen LogP contribution is -2.06. The van der Waals surface area contributed by atoms with Gasteiger partial charge in [-0.25, -0.2) is 14.6 Å². The Kier molecular flexibility index (Phi) is 3.83. The van der Waals surface area contributed by atoms with Crippen LogP contribution in [0.3, 0.4) is 0 Å². The molecule has 0 radical (unpaired) electrons. The number of anilines is 1. The van der Waals surface area contributed by atoms with Crippen molar-refractivity contribution in [1.29, 1.82) is 0 Å². The quantitative estimate of drug-likeness (QED) is 0.602. The molecule has 0 aliphatic carbocycles. The summed E-state index contributed by atoms with van der Waals surface area (Å²) in [7, 11) is 1.87. The highest BCUT2D eigenvalue weighted by Gasteiger charge is 2.10. The molecule has 3 heterocycles. The lowest BCUT2D eigenvalue weighted by atomic mass is 10.1. The molecule has 4 rings (SSSR count). The summed E-state index contributed by atoms with van der Waals surface area (Å²) in [6, 6.07) is 8.06. The number of nitrogens with one attached hydrogen (secondary N) is 1. The van der Waals surface area contributed by atoms with E-state index in [4.69, 9.17) is 4.42 Å². The second-order valence-corrected chi connectivity index (χ2v) is 6.43. The largest absolute Gasteiger partial charge is 0.440 e. The minimum atomic E-state index is 0.288. The third-order valence-electron chi connectivity index (χ3n) is 4.20. The molecule has 3 aromatic heterocycles. The van der Waals surface area contributed by atoms with E-state index in [1.54, 1.807) is 10.9 Å². The molecule has 7 nitrogen and oxygen atoms in total. The standard InChI is InChI=1S/C18H20N6O/c1-11(2)18-21-13-10-12(4-5-15(13)25-18)6-8-19-17-16-14(7-9-20-17)24(3)23-22-16/h4-5,7,9-11H,6,8H2,1-3H3,(H,19,20). The molecule has 1 aromatic carbocycles. The molecule has 1 N–H and O–H groups in total. The summed E-state index contributed by atoms with van der Waals surface area (Å²) in [5.41, 5.74) is 4.71. The van der Waals surface area contributed by atoms with Gasteiger partial charge in [0, 0.05) is 25.7 Å². The van der Waals surface area contributed by atoms with Crippen LogP contribution < -0.4 is 5.32 Å². The number of nitrogens with zero attached hydrogens (tertiary/aromatic N) is 5. The first-order valence-electron chi connectivity index (χ1n) is 8.39. The summed E-state index contributed by atoms with van der Waals surface area (Å²) in [5, 5.41) is 11.6. The van der Waals surface area contributed by atoms with Crippen LogP contribution in [0.2, 0.25) is 0 Å². The molecule has 0 atom stereocenters. The van der Waals surface area contributed by atoms with Gasteiger partial charge in [0.25, 0.3) is 0 Å². The highest BCUT2D eigenvalue weighted by molar-refractivity contribution is 5.84. The van der Waals surface area contributed by atoms with E-state index in [0.29, 0.717) is 0 Å². The van der Waals surface area contributed by atoms with Gasteiger partial charge in [0.1, 0.15) is 5.52 Å². The molecular weight excluding hydrogens is 316 g/mol. The monoisotopic (exact) mass is 336 g/mol. The Morgan fingerprint density at radius 2 is 2.12 bits per heavy atom. The number of fused-ring (bicyclic) bond motifs is 2. The fourth-order valence-corrected chi connectivity index (χ4v) is 2.81. The highest BCUT2D eigenvalue weighted by Crippen LogP contribution is 2.22. The van der Waals surface area contributed by atoms with Crippen molar-refractivity contribution in [3.8, 4) is 0 Å². The normalized spacial score (nSPS) is 11.7. The maximum absolute atomic E-state index is 5.75. The molecule has 4 aromatic rings. The molecule has 0 unspecified atom stereocenters. The third-order valence-corrected chi connectivity index (χ3v) is 4.20. The molecule has 0 saturated heterocycles. The van der Waals surface area contributed by atoms with Gasteiger partial charge in [0.15, 0.2) is 22.8 Å². The molecule has 0 aliphatic rings. The molecule has 7 heteroatoms. The Hall–Kier alpha value is -2.96. The summed E-state index contributed by atoms with van der Waals surface area (Å²) in [6.45, 7) is 4.91. The van der Waals surface area contributed by atoms with Crippen molar-refractivity contribution in [2.24, 2.45) is 7.05 Å². The Balaban J connectivity index is 1.48. The fraction of sp³-hybridized carbons (Fsp3) is 0.333. The number of hydrogen-bond acceptors (Lipinski definition) is 6. The van der Waals surface area contributed by atoms with Gasteiger partial charge in [-0.1, -0.05) is 25.1 Å². The lowest BCUT2D eigenvalue weighted by molar-refractivity contribution is 0.501. The van der Waals surface area contributed by atoms with Gasteiger partial charge in [-0.05, 0) is 30.2 Å². The van der Waals surface area contributed by atoms with E-state index >= 15 is 0 Å². The van der Waals surface area contributed by atoms with Gasteiger partial charge < -0.3 is 9.73 Å². The minimum absolute atomic E-state index is 0.288. The number of aromatic nitrogens is 5. The maximum atomic E-state index is 5.75. The van der Waals surface area contributed by atoms with E-state index in [1.807, 2.05) is 19.2 Å². The van der Waals surface area contributed by atoms with E-state index in [-0.39, 0.29) is 5.92 Å². The molecule has 0 aliphatic heterocycles. The van der Waals surface area contributed by atoms with Gasteiger partial charge in [-0.15, -0.1) is 5.10 Å². The van der Waals surface area contributed by atoms with Crippen molar-refractivity contribution in [3.63, 3.8) is 0 Å². The average Bonchev–Trinajstić information content (AvgIpc) is 3.19. The van der Waals surface area contributed by atoms with Crippen molar-refractivity contribution < 1.29 is 4.42 Å². The van der Waals surface area contributed by atoms with Crippen LogP contribution in [0, 0.1) is 0 Å². The topological polar surface area (TPSA) is 81.7 Å². The Morgan fingerprint density at radius 1 is 1.24 bits per heavy atom. The van der Waals surface area contributed by atoms with Gasteiger partial charge in [-0.3, -0.25) is 0 Å². The average molecular weight is 336 g/mol. The summed E-state index contributed by atoms with van der Waals surface area (Å²) >= 11 is 0. The molecule has 0 bridgehead atoms. The Morgan fingerprint density at radius 3 is 2.96 bits per heavy atom.